The number of carbonyl (C=O) groups excluding carboxylic acids is 2. The molecule has 1 saturated heterocycles. The normalized spacial score (nSPS) is 23.9. The van der Waals surface area contributed by atoms with E-state index in [0.29, 0.717) is 17.7 Å². The number of hydrogen-bond donors (Lipinski definition) is 2. The summed E-state index contributed by atoms with van der Waals surface area (Å²) in [7, 11) is 1.82. The van der Waals surface area contributed by atoms with Gasteiger partial charge in [0.25, 0.3) is 0 Å². The van der Waals surface area contributed by atoms with Crippen molar-refractivity contribution < 1.29 is 14.7 Å². The minimum absolute atomic E-state index is 0.115. The molecule has 2 amide bonds. The van der Waals surface area contributed by atoms with Gasteiger partial charge in [-0.25, -0.2) is 9.67 Å². The lowest BCUT2D eigenvalue weighted by atomic mass is 9.85. The van der Waals surface area contributed by atoms with Gasteiger partial charge in [0.15, 0.2) is 5.82 Å². The number of amides is 2. The van der Waals surface area contributed by atoms with Crippen LogP contribution in [0.1, 0.15) is 88.1 Å². The highest BCUT2D eigenvalue weighted by Crippen LogP contribution is 2.40. The molecule has 0 bridgehead atoms. The van der Waals surface area contributed by atoms with Crippen LogP contribution in [0.2, 0.25) is 0 Å². The van der Waals surface area contributed by atoms with Crippen LogP contribution >= 0.6 is 0 Å². The number of rotatable bonds is 7. The maximum atomic E-state index is 13.8. The van der Waals surface area contributed by atoms with Gasteiger partial charge < -0.3 is 15.3 Å². The van der Waals surface area contributed by atoms with E-state index >= 15 is 0 Å². The first kappa shape index (κ1) is 22.9. The van der Waals surface area contributed by atoms with Crippen molar-refractivity contribution in [2.75, 3.05) is 6.54 Å². The molecule has 3 atom stereocenters. The molecule has 11 nitrogen and oxygen atoms in total. The average molecular weight is 471 g/mol. The van der Waals surface area contributed by atoms with E-state index in [2.05, 4.69) is 25.7 Å². The molecule has 3 aliphatic rings. The summed E-state index contributed by atoms with van der Waals surface area (Å²) in [5, 5.41) is 26.3. The van der Waals surface area contributed by atoms with Gasteiger partial charge in [0.2, 0.25) is 11.8 Å². The van der Waals surface area contributed by atoms with Crippen LogP contribution < -0.4 is 5.32 Å². The number of carbonyl (C=O) groups is 2. The van der Waals surface area contributed by atoms with Crippen LogP contribution in [-0.4, -0.2) is 70.3 Å². The van der Waals surface area contributed by atoms with Crippen LogP contribution in [0.5, 0.6) is 0 Å². The Bertz CT molecular complexity index is 1080. The monoisotopic (exact) mass is 470 g/mol. The molecule has 2 aromatic heterocycles. The highest BCUT2D eigenvalue weighted by molar-refractivity contribution is 5.90. The molecule has 2 N–H and O–H groups in total. The first-order valence-electron chi connectivity index (χ1n) is 12.2. The van der Waals surface area contributed by atoms with Crippen LogP contribution in [0.15, 0.2) is 6.20 Å². The van der Waals surface area contributed by atoms with Crippen molar-refractivity contribution in [1.29, 1.82) is 0 Å². The summed E-state index contributed by atoms with van der Waals surface area (Å²) < 4.78 is 3.33. The predicted octanol–water partition coefficient (Wildman–Crippen LogP) is 1.03. The van der Waals surface area contributed by atoms with E-state index in [1.54, 1.807) is 9.36 Å². The van der Waals surface area contributed by atoms with Crippen molar-refractivity contribution in [2.24, 2.45) is 12.5 Å². The maximum absolute atomic E-state index is 13.8. The summed E-state index contributed by atoms with van der Waals surface area (Å²) in [6, 6.07) is -1.39. The summed E-state index contributed by atoms with van der Waals surface area (Å²) in [4.78, 5) is 33.0. The molecule has 2 aliphatic carbocycles. The van der Waals surface area contributed by atoms with Gasteiger partial charge in [-0.2, -0.15) is 5.10 Å². The zero-order chi connectivity index (χ0) is 24.2. The molecule has 0 aromatic carbocycles. The first-order valence-corrected chi connectivity index (χ1v) is 12.2. The maximum Gasteiger partial charge on any atom is 0.248 e. The highest BCUT2D eigenvalue weighted by Gasteiger charge is 2.45. The third kappa shape index (κ3) is 4.57. The fourth-order valence-corrected chi connectivity index (χ4v) is 4.72. The molecule has 0 spiro atoms. The number of aliphatic hydroxyl groups excluding tert-OH is 1. The third-order valence-electron chi connectivity index (χ3n) is 6.94. The van der Waals surface area contributed by atoms with Gasteiger partial charge in [0.1, 0.15) is 17.9 Å². The Morgan fingerprint density at radius 2 is 1.91 bits per heavy atom. The summed E-state index contributed by atoms with van der Waals surface area (Å²) in [6.45, 7) is 6.26. The molecule has 2 aromatic rings. The van der Waals surface area contributed by atoms with Crippen LogP contribution in [0.25, 0.3) is 0 Å². The minimum atomic E-state index is -0.755. The standard InChI is InChI=1S/C23H34N8O3/c1-23(2,3)19(31-12-16(26-28-31)13-5-6-13)22(34)30-11-15(32)9-17(30)21(33)24-10-18-25-20(14-7-8-14)27-29(18)4/h12-15,17,19,32H,5-11H2,1-4H3,(H,24,33)/t15-,17+,19-/m1/s1. The Hall–Kier alpha value is -2.82. The summed E-state index contributed by atoms with van der Waals surface area (Å²) in [5.74, 6) is 1.83. The van der Waals surface area contributed by atoms with Crippen molar-refractivity contribution in [2.45, 2.75) is 89.4 Å². The molecule has 0 radical (unpaired) electrons. The zero-order valence-corrected chi connectivity index (χ0v) is 20.3. The third-order valence-corrected chi connectivity index (χ3v) is 6.94. The van der Waals surface area contributed by atoms with E-state index in [1.807, 2.05) is 34.0 Å². The van der Waals surface area contributed by atoms with E-state index in [4.69, 9.17) is 0 Å². The van der Waals surface area contributed by atoms with Crippen molar-refractivity contribution in [3.8, 4) is 0 Å². The lowest BCUT2D eigenvalue weighted by Gasteiger charge is -2.34. The van der Waals surface area contributed by atoms with E-state index < -0.39 is 23.6 Å². The minimum Gasteiger partial charge on any atom is -0.391 e. The van der Waals surface area contributed by atoms with Crippen molar-refractivity contribution >= 4 is 11.8 Å². The molecule has 34 heavy (non-hydrogen) atoms. The number of aromatic nitrogens is 6. The zero-order valence-electron chi connectivity index (χ0n) is 20.3. The number of nitrogens with zero attached hydrogens (tertiary/aromatic N) is 7. The number of aliphatic hydroxyl groups is 1. The smallest absolute Gasteiger partial charge is 0.248 e. The van der Waals surface area contributed by atoms with Crippen molar-refractivity contribution in [1.82, 2.24) is 40.0 Å². The molecule has 0 unspecified atom stereocenters. The number of nitrogens with one attached hydrogen (secondary N) is 1. The quantitative estimate of drug-likeness (QED) is 0.618. The van der Waals surface area contributed by atoms with Gasteiger partial charge in [-0.1, -0.05) is 26.0 Å². The second-order valence-corrected chi connectivity index (χ2v) is 11.1. The largest absolute Gasteiger partial charge is 0.391 e. The molecular weight excluding hydrogens is 436 g/mol. The van der Waals surface area contributed by atoms with Gasteiger partial charge in [-0.3, -0.25) is 14.3 Å². The molecule has 1 aliphatic heterocycles. The van der Waals surface area contributed by atoms with E-state index in [1.165, 1.54) is 4.90 Å². The van der Waals surface area contributed by atoms with Crippen LogP contribution in [-0.2, 0) is 23.2 Å². The van der Waals surface area contributed by atoms with Crippen LogP contribution in [0.4, 0.5) is 0 Å². The fraction of sp³-hybridized carbons (Fsp3) is 0.739. The van der Waals surface area contributed by atoms with Crippen LogP contribution in [0.3, 0.4) is 0 Å². The second kappa shape index (κ2) is 8.44. The van der Waals surface area contributed by atoms with Crippen molar-refractivity contribution in [3.05, 3.63) is 23.5 Å². The highest BCUT2D eigenvalue weighted by atomic mass is 16.3. The fourth-order valence-electron chi connectivity index (χ4n) is 4.72. The van der Waals surface area contributed by atoms with Crippen molar-refractivity contribution in [3.63, 3.8) is 0 Å². The first-order chi connectivity index (χ1) is 16.1. The number of hydrogen-bond acceptors (Lipinski definition) is 7. The summed E-state index contributed by atoms with van der Waals surface area (Å²) in [6.07, 6.45) is 5.71. The predicted molar refractivity (Wildman–Crippen MR) is 121 cm³/mol. The van der Waals surface area contributed by atoms with Gasteiger partial charge in [0.05, 0.1) is 18.3 Å². The molecular formula is C23H34N8O3. The van der Waals surface area contributed by atoms with E-state index in [0.717, 1.165) is 37.2 Å². The molecule has 3 fully saturated rings. The van der Waals surface area contributed by atoms with Crippen LogP contribution in [0, 0.1) is 5.41 Å². The van der Waals surface area contributed by atoms with Gasteiger partial charge >= 0.3 is 0 Å². The van der Waals surface area contributed by atoms with E-state index in [9.17, 15) is 14.7 Å². The molecule has 2 saturated carbocycles. The summed E-state index contributed by atoms with van der Waals surface area (Å²) in [5.41, 5.74) is 0.449. The van der Waals surface area contributed by atoms with Gasteiger partial charge in [-0.15, -0.1) is 5.10 Å². The Balaban J connectivity index is 1.31. The Kier molecular flexibility index (Phi) is 5.70. The SMILES string of the molecule is Cn1nc(C2CC2)nc1CNC(=O)[C@@H]1C[C@@H](O)CN1C(=O)[C@@H](n1cc(C2CC2)nn1)C(C)(C)C. The number of likely N-dealkylation sites (tertiary alicyclic amines) is 1. The molecule has 3 heterocycles. The lowest BCUT2D eigenvalue weighted by Crippen LogP contribution is -2.50. The summed E-state index contributed by atoms with van der Waals surface area (Å²) >= 11 is 0. The topological polar surface area (TPSA) is 131 Å². The number of β-amino-alcohol motifs (C(OH)–C–C–N with tert-alkyl or cyclic N) is 1. The van der Waals surface area contributed by atoms with E-state index in [-0.39, 0.29) is 31.3 Å². The number of aryl methyl sites for hydroxylation is 1. The lowest BCUT2D eigenvalue weighted by molar-refractivity contribution is -0.144. The molecule has 11 heteroatoms. The Morgan fingerprint density at radius 1 is 1.21 bits per heavy atom. The molecule has 184 valence electrons. The Morgan fingerprint density at radius 3 is 2.56 bits per heavy atom. The molecule has 5 rings (SSSR count). The Labute approximate surface area is 198 Å². The average Bonchev–Trinajstić information content (AvgIpc) is 3.68. The second-order valence-electron chi connectivity index (χ2n) is 11.1. The van der Waals surface area contributed by atoms with Gasteiger partial charge in [0, 0.05) is 38.0 Å². The van der Waals surface area contributed by atoms with Gasteiger partial charge in [-0.05, 0) is 31.1 Å².